The first kappa shape index (κ1) is 23.3. The average Bonchev–Trinajstić information content (AvgIpc) is 2.68. The summed E-state index contributed by atoms with van der Waals surface area (Å²) in [6.45, 7) is 14.8. The Hall–Kier alpha value is -1.99. The number of hydrogen-bond donors (Lipinski definition) is 1. The van der Waals surface area contributed by atoms with Crippen molar-refractivity contribution < 1.29 is 14.6 Å². The largest absolute Gasteiger partial charge is 0.512 e. The average molecular weight is 400 g/mol. The minimum Gasteiger partial charge on any atom is -0.512 e. The summed E-state index contributed by atoms with van der Waals surface area (Å²) in [7, 11) is 0. The zero-order chi connectivity index (χ0) is 21.7. The maximum Gasteiger partial charge on any atom is 0.199 e. The Morgan fingerprint density at radius 3 is 2.34 bits per heavy atom. The van der Waals surface area contributed by atoms with E-state index in [0.717, 1.165) is 43.6 Å². The van der Waals surface area contributed by atoms with Crippen molar-refractivity contribution in [2.45, 2.75) is 84.8 Å². The zero-order valence-corrected chi connectivity index (χ0v) is 18.8. The summed E-state index contributed by atoms with van der Waals surface area (Å²) >= 11 is 0. The molecule has 2 rings (SSSR count). The SMILES string of the molecule is C=C(O)C(C)(C)CC(C)(CC(C)(C#N)CC)c1ccc(OC2CCCCO2)cc1. The second-order valence-corrected chi connectivity index (χ2v) is 9.71. The highest BCUT2D eigenvalue weighted by Crippen LogP contribution is 2.47. The van der Waals surface area contributed by atoms with Gasteiger partial charge in [-0.25, -0.2) is 0 Å². The van der Waals surface area contributed by atoms with Crippen LogP contribution in [-0.4, -0.2) is 18.0 Å². The van der Waals surface area contributed by atoms with Crippen LogP contribution in [0.2, 0.25) is 0 Å². The Morgan fingerprint density at radius 2 is 1.86 bits per heavy atom. The van der Waals surface area contributed by atoms with Gasteiger partial charge in [-0.3, -0.25) is 0 Å². The predicted octanol–water partition coefficient (Wildman–Crippen LogP) is 6.67. The van der Waals surface area contributed by atoms with E-state index in [9.17, 15) is 10.4 Å². The van der Waals surface area contributed by atoms with E-state index in [2.05, 4.69) is 38.6 Å². The van der Waals surface area contributed by atoms with Crippen LogP contribution in [0.15, 0.2) is 36.6 Å². The van der Waals surface area contributed by atoms with E-state index in [4.69, 9.17) is 9.47 Å². The molecule has 1 heterocycles. The van der Waals surface area contributed by atoms with Crippen LogP contribution in [-0.2, 0) is 10.2 Å². The molecular formula is C25H37NO3. The quantitative estimate of drug-likeness (QED) is 0.471. The highest BCUT2D eigenvalue weighted by Gasteiger charge is 2.41. The summed E-state index contributed by atoms with van der Waals surface area (Å²) in [6.07, 6.45) is 5.15. The molecular weight excluding hydrogens is 362 g/mol. The molecule has 1 N–H and O–H groups in total. The van der Waals surface area contributed by atoms with Crippen molar-refractivity contribution in [2.75, 3.05) is 6.61 Å². The third-order valence-electron chi connectivity index (χ3n) is 6.40. The molecule has 1 aliphatic rings. The van der Waals surface area contributed by atoms with Crippen LogP contribution in [0.3, 0.4) is 0 Å². The molecule has 0 radical (unpaired) electrons. The number of benzene rings is 1. The number of aliphatic hydroxyl groups is 1. The van der Waals surface area contributed by atoms with Crippen LogP contribution in [0.25, 0.3) is 0 Å². The number of aliphatic hydroxyl groups excluding tert-OH is 1. The predicted molar refractivity (Wildman–Crippen MR) is 117 cm³/mol. The molecule has 4 nitrogen and oxygen atoms in total. The minimum absolute atomic E-state index is 0.167. The molecule has 0 aliphatic carbocycles. The minimum atomic E-state index is -0.454. The van der Waals surface area contributed by atoms with Crippen molar-refractivity contribution >= 4 is 0 Å². The molecule has 3 atom stereocenters. The summed E-state index contributed by atoms with van der Waals surface area (Å²) in [4.78, 5) is 0. The Morgan fingerprint density at radius 1 is 1.21 bits per heavy atom. The second kappa shape index (κ2) is 9.22. The number of ether oxygens (including phenoxy) is 2. The smallest absolute Gasteiger partial charge is 0.199 e. The zero-order valence-electron chi connectivity index (χ0n) is 18.8. The van der Waals surface area contributed by atoms with Gasteiger partial charge in [-0.05, 0) is 62.1 Å². The molecule has 0 bridgehead atoms. The molecule has 160 valence electrons. The fraction of sp³-hybridized carbons (Fsp3) is 0.640. The summed E-state index contributed by atoms with van der Waals surface area (Å²) in [5.74, 6) is 0.973. The van der Waals surface area contributed by atoms with E-state index in [1.165, 1.54) is 0 Å². The number of hydrogen-bond acceptors (Lipinski definition) is 4. The van der Waals surface area contributed by atoms with Crippen molar-refractivity contribution in [3.8, 4) is 11.8 Å². The van der Waals surface area contributed by atoms with Crippen molar-refractivity contribution in [3.05, 3.63) is 42.2 Å². The van der Waals surface area contributed by atoms with Gasteiger partial charge in [-0.1, -0.05) is 46.4 Å². The summed E-state index contributed by atoms with van der Waals surface area (Å²) in [5.41, 5.74) is -0.0506. The fourth-order valence-electron chi connectivity index (χ4n) is 4.34. The van der Waals surface area contributed by atoms with Gasteiger partial charge in [0, 0.05) is 11.8 Å². The van der Waals surface area contributed by atoms with Crippen molar-refractivity contribution in [1.82, 2.24) is 0 Å². The van der Waals surface area contributed by atoms with E-state index >= 15 is 0 Å². The van der Waals surface area contributed by atoms with Crippen LogP contribution in [0, 0.1) is 22.2 Å². The van der Waals surface area contributed by atoms with Crippen molar-refractivity contribution in [2.24, 2.45) is 10.8 Å². The highest BCUT2D eigenvalue weighted by atomic mass is 16.7. The van der Waals surface area contributed by atoms with Gasteiger partial charge in [0.2, 0.25) is 0 Å². The molecule has 0 amide bonds. The summed E-state index contributed by atoms with van der Waals surface area (Å²) in [5, 5.41) is 19.9. The van der Waals surface area contributed by atoms with Crippen molar-refractivity contribution in [3.63, 3.8) is 0 Å². The third-order valence-corrected chi connectivity index (χ3v) is 6.40. The molecule has 0 saturated carbocycles. The Bertz CT molecular complexity index is 727. The van der Waals surface area contributed by atoms with Gasteiger partial charge in [0.15, 0.2) is 6.29 Å². The first-order valence-electron chi connectivity index (χ1n) is 10.7. The molecule has 3 unspecified atom stereocenters. The van der Waals surface area contributed by atoms with E-state index in [0.29, 0.717) is 12.8 Å². The second-order valence-electron chi connectivity index (χ2n) is 9.71. The highest BCUT2D eigenvalue weighted by molar-refractivity contribution is 5.33. The molecule has 0 spiro atoms. The Labute approximate surface area is 176 Å². The summed E-state index contributed by atoms with van der Waals surface area (Å²) < 4.78 is 11.6. The fourth-order valence-corrected chi connectivity index (χ4v) is 4.34. The van der Waals surface area contributed by atoms with E-state index in [1.807, 2.05) is 32.9 Å². The van der Waals surface area contributed by atoms with Crippen molar-refractivity contribution in [1.29, 1.82) is 5.26 Å². The lowest BCUT2D eigenvalue weighted by Crippen LogP contribution is -2.35. The Kier molecular flexibility index (Phi) is 7.40. The number of nitriles is 1. The molecule has 1 aromatic rings. The van der Waals surface area contributed by atoms with Gasteiger partial charge in [-0.15, -0.1) is 0 Å². The molecule has 1 fully saturated rings. The lowest BCUT2D eigenvalue weighted by atomic mass is 9.62. The maximum atomic E-state index is 10.1. The van der Waals surface area contributed by atoms with Crippen LogP contribution in [0.4, 0.5) is 0 Å². The van der Waals surface area contributed by atoms with Gasteiger partial charge < -0.3 is 14.6 Å². The molecule has 1 saturated heterocycles. The van der Waals surface area contributed by atoms with Gasteiger partial charge >= 0.3 is 0 Å². The molecule has 1 aromatic carbocycles. The number of nitrogens with zero attached hydrogens (tertiary/aromatic N) is 1. The third kappa shape index (κ3) is 6.00. The summed E-state index contributed by atoms with van der Waals surface area (Å²) in [6, 6.07) is 10.7. The van der Waals surface area contributed by atoms with E-state index in [1.54, 1.807) is 0 Å². The Balaban J connectivity index is 2.29. The van der Waals surface area contributed by atoms with Crippen LogP contribution >= 0.6 is 0 Å². The van der Waals surface area contributed by atoms with Gasteiger partial charge in [0.25, 0.3) is 0 Å². The first-order valence-corrected chi connectivity index (χ1v) is 10.7. The number of rotatable bonds is 9. The van der Waals surface area contributed by atoms with Gasteiger partial charge in [0.1, 0.15) is 5.75 Å². The lowest BCUT2D eigenvalue weighted by Gasteiger charge is -2.41. The van der Waals surface area contributed by atoms with E-state index < -0.39 is 10.8 Å². The number of allylic oxidation sites excluding steroid dienone is 1. The van der Waals surface area contributed by atoms with Crippen LogP contribution in [0.1, 0.15) is 78.7 Å². The molecule has 4 heteroatoms. The van der Waals surface area contributed by atoms with Gasteiger partial charge in [-0.2, -0.15) is 5.26 Å². The topological polar surface area (TPSA) is 62.5 Å². The molecule has 0 aromatic heterocycles. The van der Waals surface area contributed by atoms with Crippen LogP contribution in [0.5, 0.6) is 5.75 Å². The maximum absolute atomic E-state index is 10.1. The monoisotopic (exact) mass is 399 g/mol. The molecule has 1 aliphatic heterocycles. The van der Waals surface area contributed by atoms with E-state index in [-0.39, 0.29) is 17.5 Å². The lowest BCUT2D eigenvalue weighted by molar-refractivity contribution is -0.105. The first-order chi connectivity index (χ1) is 13.5. The van der Waals surface area contributed by atoms with Gasteiger partial charge in [0.05, 0.1) is 23.9 Å². The standard InChI is InChI=1S/C25H37NO3/c1-7-24(5,18-26)17-25(6,16-23(3,4)19(2)27)20-11-13-21(14-12-20)29-22-10-8-9-15-28-22/h11-14,22,27H,2,7-10,15-17H2,1,3-6H3. The normalized spacial score (nSPS) is 21.4. The van der Waals surface area contributed by atoms with Crippen LogP contribution < -0.4 is 4.74 Å². The molecule has 29 heavy (non-hydrogen) atoms.